The summed E-state index contributed by atoms with van der Waals surface area (Å²) in [5.41, 5.74) is 7.24. The van der Waals surface area contributed by atoms with Gasteiger partial charge in [-0.05, 0) is 107 Å². The number of benzene rings is 8. The molecule has 1 heterocycles. The molecular formula is C44H24O. The fourth-order valence-corrected chi connectivity index (χ4v) is 7.63. The van der Waals surface area contributed by atoms with Crippen molar-refractivity contribution >= 4 is 53.9 Å². The van der Waals surface area contributed by atoms with Gasteiger partial charge in [0.05, 0.1) is 0 Å². The van der Waals surface area contributed by atoms with Crippen LogP contribution < -0.4 is 4.74 Å². The second-order valence-electron chi connectivity index (χ2n) is 11.8. The lowest BCUT2D eigenvalue weighted by molar-refractivity contribution is 0.487. The van der Waals surface area contributed by atoms with Crippen LogP contribution >= 0.6 is 0 Å². The van der Waals surface area contributed by atoms with Gasteiger partial charge in [-0.2, -0.15) is 0 Å². The predicted octanol–water partition coefficient (Wildman–Crippen LogP) is 12.2. The number of ether oxygens (including phenoxy) is 1. The van der Waals surface area contributed by atoms with Gasteiger partial charge in [-0.25, -0.2) is 0 Å². The second-order valence-corrected chi connectivity index (χ2v) is 11.8. The van der Waals surface area contributed by atoms with E-state index in [1.807, 2.05) is 12.1 Å². The zero-order chi connectivity index (χ0) is 29.5. The Balaban J connectivity index is 1.46. The monoisotopic (exact) mass is 568 g/mol. The van der Waals surface area contributed by atoms with E-state index in [1.165, 1.54) is 70.9 Å². The van der Waals surface area contributed by atoms with Crippen LogP contribution in [0.15, 0.2) is 146 Å². The van der Waals surface area contributed by atoms with Crippen LogP contribution in [0.3, 0.4) is 0 Å². The van der Waals surface area contributed by atoms with E-state index >= 15 is 0 Å². The summed E-state index contributed by atoms with van der Waals surface area (Å²) in [6, 6.07) is 58.9. The average molecular weight is 569 g/mol. The lowest BCUT2D eigenvalue weighted by atomic mass is 9.81. The maximum atomic E-state index is 6.51. The minimum absolute atomic E-state index is 0.899. The van der Waals surface area contributed by atoms with E-state index < -0.39 is 0 Å². The Morgan fingerprint density at radius 2 is 1.16 bits per heavy atom. The standard InChI is InChI=1S/C44H24O/c1-2-13-29(14-3-1)40-36-23-21-28-12-5-7-16-31(28)43(36)44(37-24-22-27-11-4-6-15-30(27)42(37)40)35-25-26-39-41-33(18-10-19-34(35)41)32-17-8-9-20-38(32)45-39/h1-4,6-11,13-26H. The molecule has 0 atom stereocenters. The van der Waals surface area contributed by atoms with Crippen LogP contribution in [0.1, 0.15) is 0 Å². The van der Waals surface area contributed by atoms with E-state index in [0.29, 0.717) is 0 Å². The van der Waals surface area contributed by atoms with Gasteiger partial charge in [0.2, 0.25) is 0 Å². The van der Waals surface area contributed by atoms with Crippen molar-refractivity contribution in [2.45, 2.75) is 0 Å². The molecule has 0 aliphatic carbocycles. The first-order valence-corrected chi connectivity index (χ1v) is 15.4. The molecule has 1 heteroatoms. The lowest BCUT2D eigenvalue weighted by Gasteiger charge is -2.24. The molecule has 9 aromatic carbocycles. The van der Waals surface area contributed by atoms with Crippen molar-refractivity contribution in [2.75, 3.05) is 0 Å². The summed E-state index contributed by atoms with van der Waals surface area (Å²) in [7, 11) is 0. The molecule has 1 nitrogen and oxygen atoms in total. The summed E-state index contributed by atoms with van der Waals surface area (Å²) < 4.78 is 6.51. The third-order valence-corrected chi connectivity index (χ3v) is 9.48. The Bertz CT molecular complexity index is 2670. The summed E-state index contributed by atoms with van der Waals surface area (Å²) >= 11 is 0. The molecule has 206 valence electrons. The van der Waals surface area contributed by atoms with Crippen molar-refractivity contribution in [1.82, 2.24) is 0 Å². The van der Waals surface area contributed by atoms with Crippen molar-refractivity contribution < 1.29 is 4.74 Å². The normalized spacial score (nSPS) is 12.0. The van der Waals surface area contributed by atoms with Gasteiger partial charge in [0.15, 0.2) is 0 Å². The number of fused-ring (bicyclic) bond motifs is 8. The fourth-order valence-electron chi connectivity index (χ4n) is 7.63. The van der Waals surface area contributed by atoms with Crippen molar-refractivity contribution in [3.8, 4) is 44.9 Å². The number of hydrogen-bond acceptors (Lipinski definition) is 1. The van der Waals surface area contributed by atoms with Crippen LogP contribution in [-0.2, 0) is 0 Å². The average Bonchev–Trinajstić information content (AvgIpc) is 3.11. The number of para-hydroxylation sites is 1. The molecule has 0 saturated heterocycles. The predicted molar refractivity (Wildman–Crippen MR) is 188 cm³/mol. The van der Waals surface area contributed by atoms with Gasteiger partial charge in [-0.15, -0.1) is 0 Å². The van der Waals surface area contributed by atoms with E-state index in [-0.39, 0.29) is 0 Å². The van der Waals surface area contributed by atoms with Gasteiger partial charge in [0.25, 0.3) is 0 Å². The molecule has 0 spiro atoms. The molecule has 0 bridgehead atoms. The van der Waals surface area contributed by atoms with E-state index in [1.54, 1.807) is 0 Å². The molecule has 10 rings (SSSR count). The van der Waals surface area contributed by atoms with Crippen molar-refractivity contribution in [1.29, 1.82) is 0 Å². The van der Waals surface area contributed by atoms with Crippen LogP contribution in [0, 0.1) is 12.1 Å². The summed E-state index contributed by atoms with van der Waals surface area (Å²) in [4.78, 5) is 0. The van der Waals surface area contributed by atoms with Crippen LogP contribution in [0.2, 0.25) is 0 Å². The van der Waals surface area contributed by atoms with Crippen molar-refractivity contribution in [2.24, 2.45) is 0 Å². The minimum Gasteiger partial charge on any atom is -0.456 e. The smallest absolute Gasteiger partial charge is 0.135 e. The highest BCUT2D eigenvalue weighted by Crippen LogP contribution is 2.52. The molecule has 9 aromatic rings. The van der Waals surface area contributed by atoms with E-state index in [2.05, 4.69) is 146 Å². The maximum Gasteiger partial charge on any atom is 0.135 e. The van der Waals surface area contributed by atoms with Crippen molar-refractivity contribution in [3.63, 3.8) is 0 Å². The molecule has 0 unspecified atom stereocenters. The first-order valence-electron chi connectivity index (χ1n) is 15.4. The second kappa shape index (κ2) is 9.20. The Morgan fingerprint density at radius 3 is 2.11 bits per heavy atom. The van der Waals surface area contributed by atoms with Gasteiger partial charge in [0.1, 0.15) is 11.5 Å². The lowest BCUT2D eigenvalue weighted by Crippen LogP contribution is -1.98. The van der Waals surface area contributed by atoms with E-state index in [0.717, 1.165) is 27.8 Å². The van der Waals surface area contributed by atoms with Crippen LogP contribution in [0.5, 0.6) is 11.5 Å². The molecular weight excluding hydrogens is 544 g/mol. The Kier molecular flexibility index (Phi) is 4.98. The Labute approximate surface area is 260 Å². The third-order valence-electron chi connectivity index (χ3n) is 9.48. The Morgan fingerprint density at radius 1 is 0.400 bits per heavy atom. The quantitative estimate of drug-likeness (QED) is 0.149. The largest absolute Gasteiger partial charge is 0.456 e. The number of hydrogen-bond donors (Lipinski definition) is 0. The maximum absolute atomic E-state index is 6.51. The first kappa shape index (κ1) is 24.4. The summed E-state index contributed by atoms with van der Waals surface area (Å²) in [5.74, 6) is 1.80. The van der Waals surface area contributed by atoms with Crippen molar-refractivity contribution in [3.05, 3.63) is 158 Å². The SMILES string of the molecule is c1ccc2c(c#1)ccc1c(-c3ccccc3)c3c(ccc4ccccc43)c(-c3ccc4c5c(cccc35)-c3ccccc3O4)c12. The van der Waals surface area contributed by atoms with Gasteiger partial charge in [-0.3, -0.25) is 0 Å². The molecule has 0 radical (unpaired) electrons. The fraction of sp³-hybridized carbons (Fsp3) is 0. The molecule has 0 fully saturated rings. The van der Waals surface area contributed by atoms with E-state index in [4.69, 9.17) is 4.74 Å². The van der Waals surface area contributed by atoms with Gasteiger partial charge in [0, 0.05) is 16.3 Å². The highest BCUT2D eigenvalue weighted by Gasteiger charge is 2.25. The van der Waals surface area contributed by atoms with Crippen LogP contribution in [0.4, 0.5) is 0 Å². The number of rotatable bonds is 2. The first-order chi connectivity index (χ1) is 22.3. The zero-order valence-electron chi connectivity index (χ0n) is 24.3. The van der Waals surface area contributed by atoms with Crippen LogP contribution in [-0.4, -0.2) is 0 Å². The zero-order valence-corrected chi connectivity index (χ0v) is 24.3. The molecule has 0 amide bonds. The molecule has 0 saturated carbocycles. The highest BCUT2D eigenvalue weighted by atomic mass is 16.5. The molecule has 1 aliphatic rings. The summed E-state index contributed by atoms with van der Waals surface area (Å²) in [6.07, 6.45) is 0. The summed E-state index contributed by atoms with van der Waals surface area (Å²) in [6.45, 7) is 0. The molecule has 0 aromatic heterocycles. The topological polar surface area (TPSA) is 9.23 Å². The third kappa shape index (κ3) is 3.40. The molecule has 0 N–H and O–H groups in total. The summed E-state index contributed by atoms with van der Waals surface area (Å²) in [5, 5.41) is 12.0. The van der Waals surface area contributed by atoms with Gasteiger partial charge >= 0.3 is 0 Å². The highest BCUT2D eigenvalue weighted by molar-refractivity contribution is 6.33. The molecule has 45 heavy (non-hydrogen) atoms. The van der Waals surface area contributed by atoms with E-state index in [9.17, 15) is 0 Å². The molecule has 1 aliphatic heterocycles. The Hall–Kier alpha value is -6.10. The van der Waals surface area contributed by atoms with Crippen LogP contribution in [0.25, 0.3) is 87.2 Å². The van der Waals surface area contributed by atoms with Gasteiger partial charge < -0.3 is 4.74 Å². The minimum atomic E-state index is 0.899. The van der Waals surface area contributed by atoms with Gasteiger partial charge in [-0.1, -0.05) is 121 Å².